The minimum Gasteiger partial charge on any atom is -0.386 e. The van der Waals surface area contributed by atoms with Gasteiger partial charge < -0.3 is 15.7 Å². The molecular formula is C14H20ClIN4OS2. The summed E-state index contributed by atoms with van der Waals surface area (Å²) in [5.74, 6) is 0.678. The van der Waals surface area contributed by atoms with Crippen LogP contribution in [-0.2, 0) is 6.54 Å². The minimum absolute atomic E-state index is 0. The van der Waals surface area contributed by atoms with Crippen molar-refractivity contribution in [3.63, 3.8) is 0 Å². The molecule has 0 aliphatic heterocycles. The van der Waals surface area contributed by atoms with E-state index in [1.807, 2.05) is 25.4 Å². The van der Waals surface area contributed by atoms with E-state index < -0.39 is 6.10 Å². The number of hydrogen-bond acceptors (Lipinski definition) is 5. The highest BCUT2D eigenvalue weighted by Gasteiger charge is 2.11. The van der Waals surface area contributed by atoms with Gasteiger partial charge in [-0.25, -0.2) is 9.98 Å². The Morgan fingerprint density at radius 3 is 2.78 bits per heavy atom. The molecule has 1 unspecified atom stereocenters. The molecule has 0 bridgehead atoms. The number of hydrogen-bond donors (Lipinski definition) is 3. The van der Waals surface area contributed by atoms with Crippen molar-refractivity contribution in [2.24, 2.45) is 4.99 Å². The van der Waals surface area contributed by atoms with E-state index in [9.17, 15) is 5.11 Å². The second-order valence-corrected chi connectivity index (χ2v) is 7.28. The van der Waals surface area contributed by atoms with Crippen LogP contribution in [0.2, 0.25) is 4.34 Å². The van der Waals surface area contributed by atoms with Crippen molar-refractivity contribution >= 4 is 64.2 Å². The molecular weight excluding hydrogens is 467 g/mol. The molecule has 1 atom stereocenters. The molecule has 2 aromatic rings. The fourth-order valence-electron chi connectivity index (χ4n) is 1.77. The van der Waals surface area contributed by atoms with Crippen LogP contribution in [-0.4, -0.2) is 29.1 Å². The number of aromatic nitrogens is 1. The van der Waals surface area contributed by atoms with Crippen molar-refractivity contribution < 1.29 is 5.11 Å². The summed E-state index contributed by atoms with van der Waals surface area (Å²) in [5.41, 5.74) is 2.84. The summed E-state index contributed by atoms with van der Waals surface area (Å²) in [7, 11) is 0. The van der Waals surface area contributed by atoms with E-state index in [2.05, 4.69) is 20.6 Å². The molecule has 0 spiro atoms. The Morgan fingerprint density at radius 1 is 1.43 bits per heavy atom. The highest BCUT2D eigenvalue weighted by Crippen LogP contribution is 2.26. The third-order valence-electron chi connectivity index (χ3n) is 2.96. The molecule has 3 N–H and O–H groups in total. The van der Waals surface area contributed by atoms with Crippen LogP contribution in [0.25, 0.3) is 0 Å². The van der Waals surface area contributed by atoms with Gasteiger partial charge in [0.2, 0.25) is 0 Å². The molecule has 23 heavy (non-hydrogen) atoms. The summed E-state index contributed by atoms with van der Waals surface area (Å²) in [4.78, 5) is 10.7. The predicted molar refractivity (Wildman–Crippen MR) is 109 cm³/mol. The lowest BCUT2D eigenvalue weighted by molar-refractivity contribution is 0.184. The SMILES string of the molecule is CCNC(=NCc1scnc1C)NCC(O)c1ccc(Cl)s1.I. The number of thiophene rings is 1. The zero-order chi connectivity index (χ0) is 15.9. The van der Waals surface area contributed by atoms with Gasteiger partial charge in [-0.15, -0.1) is 46.7 Å². The number of nitrogens with one attached hydrogen (secondary N) is 2. The smallest absolute Gasteiger partial charge is 0.191 e. The van der Waals surface area contributed by atoms with E-state index in [4.69, 9.17) is 11.6 Å². The first-order valence-electron chi connectivity index (χ1n) is 6.94. The third-order valence-corrected chi connectivity index (χ3v) is 5.21. The second-order valence-electron chi connectivity index (χ2n) is 4.59. The molecule has 2 aromatic heterocycles. The first-order valence-corrected chi connectivity index (χ1v) is 9.02. The molecule has 9 heteroatoms. The number of nitrogens with zero attached hydrogens (tertiary/aromatic N) is 2. The maximum atomic E-state index is 10.1. The zero-order valence-corrected chi connectivity index (χ0v) is 17.6. The van der Waals surface area contributed by atoms with Crippen molar-refractivity contribution in [3.8, 4) is 0 Å². The molecule has 128 valence electrons. The van der Waals surface area contributed by atoms with E-state index >= 15 is 0 Å². The van der Waals surface area contributed by atoms with Gasteiger partial charge in [-0.05, 0) is 26.0 Å². The lowest BCUT2D eigenvalue weighted by Gasteiger charge is -2.14. The summed E-state index contributed by atoms with van der Waals surface area (Å²) in [6, 6.07) is 3.63. The molecule has 0 amide bonds. The van der Waals surface area contributed by atoms with Crippen LogP contribution in [0.4, 0.5) is 0 Å². The average molecular weight is 487 g/mol. The highest BCUT2D eigenvalue weighted by molar-refractivity contribution is 14.0. The fourth-order valence-corrected chi connectivity index (χ4v) is 3.52. The molecule has 0 saturated carbocycles. The maximum Gasteiger partial charge on any atom is 0.191 e. The number of aliphatic hydroxyl groups excluding tert-OH is 1. The van der Waals surface area contributed by atoms with Gasteiger partial charge >= 0.3 is 0 Å². The second kappa shape index (κ2) is 10.4. The van der Waals surface area contributed by atoms with Crippen molar-refractivity contribution in [2.75, 3.05) is 13.1 Å². The van der Waals surface area contributed by atoms with Gasteiger partial charge in [0.1, 0.15) is 6.10 Å². The van der Waals surface area contributed by atoms with Crippen LogP contribution in [0.3, 0.4) is 0 Å². The van der Waals surface area contributed by atoms with Gasteiger partial charge in [-0.3, -0.25) is 0 Å². The van der Waals surface area contributed by atoms with Gasteiger partial charge in [0, 0.05) is 22.8 Å². The predicted octanol–water partition coefficient (Wildman–Crippen LogP) is 3.57. The maximum absolute atomic E-state index is 10.1. The Balaban J connectivity index is 0.00000264. The van der Waals surface area contributed by atoms with Crippen LogP contribution in [0, 0.1) is 6.92 Å². The van der Waals surface area contributed by atoms with Crippen LogP contribution in [0.15, 0.2) is 22.6 Å². The van der Waals surface area contributed by atoms with Crippen LogP contribution >= 0.6 is 58.3 Å². The van der Waals surface area contributed by atoms with Crippen LogP contribution in [0.5, 0.6) is 0 Å². The van der Waals surface area contributed by atoms with E-state index in [1.54, 1.807) is 17.4 Å². The molecule has 0 aliphatic carbocycles. The zero-order valence-electron chi connectivity index (χ0n) is 12.9. The number of aliphatic imine (C=N–C) groups is 1. The van der Waals surface area contributed by atoms with Gasteiger partial charge in [-0.2, -0.15) is 0 Å². The van der Waals surface area contributed by atoms with Crippen molar-refractivity contribution in [3.05, 3.63) is 37.4 Å². The first kappa shape index (κ1) is 20.6. The normalized spacial score (nSPS) is 12.6. The van der Waals surface area contributed by atoms with Gasteiger partial charge in [0.15, 0.2) is 5.96 Å². The molecule has 5 nitrogen and oxygen atoms in total. The van der Waals surface area contributed by atoms with E-state index in [1.165, 1.54) is 11.3 Å². The molecule has 0 radical (unpaired) electrons. The Labute approximate surface area is 166 Å². The molecule has 0 aliphatic rings. The van der Waals surface area contributed by atoms with Crippen molar-refractivity contribution in [2.45, 2.75) is 26.5 Å². The molecule has 2 rings (SSSR count). The molecule has 0 fully saturated rings. The minimum atomic E-state index is -0.605. The van der Waals surface area contributed by atoms with E-state index in [-0.39, 0.29) is 24.0 Å². The van der Waals surface area contributed by atoms with Gasteiger partial charge in [0.25, 0.3) is 0 Å². The third kappa shape index (κ3) is 6.54. The number of rotatable bonds is 6. The topological polar surface area (TPSA) is 69.5 Å². The number of thiazole rings is 1. The summed E-state index contributed by atoms with van der Waals surface area (Å²) in [6.07, 6.45) is -0.605. The lowest BCUT2D eigenvalue weighted by atomic mass is 10.3. The summed E-state index contributed by atoms with van der Waals surface area (Å²) >= 11 is 8.86. The van der Waals surface area contributed by atoms with Crippen molar-refractivity contribution in [1.29, 1.82) is 0 Å². The van der Waals surface area contributed by atoms with Gasteiger partial charge in [0.05, 0.1) is 22.1 Å². The van der Waals surface area contributed by atoms with Crippen molar-refractivity contribution in [1.82, 2.24) is 15.6 Å². The standard InChI is InChI=1S/C14H19ClN4OS2.HI/c1-3-16-14(18-7-12-9(2)19-8-21-12)17-6-10(20)11-4-5-13(15)22-11;/h4-5,8,10,20H,3,6-7H2,1-2H3,(H2,16,17,18);1H. The number of guanidine groups is 1. The fraction of sp³-hybridized carbons (Fsp3) is 0.429. The Hall–Kier alpha value is -0.420. The molecule has 2 heterocycles. The summed E-state index contributed by atoms with van der Waals surface area (Å²) in [6.45, 7) is 5.70. The van der Waals surface area contributed by atoms with Gasteiger partial charge in [-0.1, -0.05) is 11.6 Å². The average Bonchev–Trinajstić information content (AvgIpc) is 3.10. The lowest BCUT2D eigenvalue weighted by Crippen LogP contribution is -2.39. The molecule has 0 aromatic carbocycles. The Kier molecular flexibility index (Phi) is 9.37. The number of halogens is 2. The highest BCUT2D eigenvalue weighted by atomic mass is 127. The summed E-state index contributed by atoms with van der Waals surface area (Å²) in [5, 5.41) is 16.5. The van der Waals surface area contributed by atoms with E-state index in [0.29, 0.717) is 23.4 Å². The Bertz CT molecular complexity index is 632. The van der Waals surface area contributed by atoms with E-state index in [0.717, 1.165) is 22.0 Å². The summed E-state index contributed by atoms with van der Waals surface area (Å²) < 4.78 is 0.676. The Morgan fingerprint density at radius 2 is 2.22 bits per heavy atom. The largest absolute Gasteiger partial charge is 0.386 e. The molecule has 0 saturated heterocycles. The first-order chi connectivity index (χ1) is 10.6. The number of aliphatic hydroxyl groups is 1. The monoisotopic (exact) mass is 486 g/mol. The van der Waals surface area contributed by atoms with Crippen LogP contribution < -0.4 is 10.6 Å². The quantitative estimate of drug-likeness (QED) is 0.332. The van der Waals surface area contributed by atoms with Crippen LogP contribution in [0.1, 0.15) is 28.5 Å². The number of aryl methyl sites for hydroxylation is 1.